The second kappa shape index (κ2) is 5.21. The van der Waals surface area contributed by atoms with E-state index in [1.54, 1.807) is 24.3 Å². The van der Waals surface area contributed by atoms with Gasteiger partial charge in [0, 0.05) is 6.54 Å². The first-order valence-corrected chi connectivity index (χ1v) is 4.12. The molecule has 0 spiro atoms. The van der Waals surface area contributed by atoms with Gasteiger partial charge in [-0.15, -0.1) is 0 Å². The summed E-state index contributed by atoms with van der Waals surface area (Å²) in [5.74, 6) is 4.78. The molecule has 5 nitrogen and oxygen atoms in total. The Morgan fingerprint density at radius 1 is 1.36 bits per heavy atom. The predicted octanol–water partition coefficient (Wildman–Crippen LogP) is 0.0546. The van der Waals surface area contributed by atoms with Crippen LogP contribution in [-0.4, -0.2) is 19.1 Å². The summed E-state index contributed by atoms with van der Waals surface area (Å²) >= 11 is 0. The third-order valence-electron chi connectivity index (χ3n) is 1.58. The molecule has 0 amide bonds. The molecule has 0 aliphatic rings. The van der Waals surface area contributed by atoms with Crippen molar-refractivity contribution in [3.8, 4) is 5.75 Å². The molecule has 0 heterocycles. The Balaban J connectivity index is 2.78. The van der Waals surface area contributed by atoms with Crippen LogP contribution in [0, 0.1) is 0 Å². The number of hydrogen-bond acceptors (Lipinski definition) is 5. The average Bonchev–Trinajstić information content (AvgIpc) is 2.25. The van der Waals surface area contributed by atoms with Gasteiger partial charge in [0.2, 0.25) is 0 Å². The second-order valence-electron chi connectivity index (χ2n) is 2.54. The highest BCUT2D eigenvalue weighted by Gasteiger charge is 2.12. The van der Waals surface area contributed by atoms with Crippen LogP contribution in [0.15, 0.2) is 24.3 Å². The number of para-hydroxylation sites is 1. The van der Waals surface area contributed by atoms with Crippen molar-refractivity contribution in [1.29, 1.82) is 0 Å². The maximum atomic E-state index is 11.4. The van der Waals surface area contributed by atoms with Gasteiger partial charge in [0.05, 0.1) is 0 Å². The molecule has 14 heavy (non-hydrogen) atoms. The molecule has 0 aliphatic heterocycles. The largest absolute Gasteiger partial charge is 0.461 e. The number of rotatable bonds is 4. The lowest BCUT2D eigenvalue weighted by molar-refractivity contribution is 0.0512. The van der Waals surface area contributed by atoms with Crippen LogP contribution in [0.3, 0.4) is 0 Å². The van der Waals surface area contributed by atoms with Gasteiger partial charge < -0.3 is 15.3 Å². The van der Waals surface area contributed by atoms with Gasteiger partial charge in [-0.25, -0.2) is 4.79 Å². The highest BCUT2D eigenvalue weighted by atomic mass is 16.6. The molecule has 1 aromatic rings. The maximum absolute atomic E-state index is 11.4. The minimum Gasteiger partial charge on any atom is -0.461 e. The van der Waals surface area contributed by atoms with E-state index < -0.39 is 5.97 Å². The van der Waals surface area contributed by atoms with Crippen molar-refractivity contribution in [3.63, 3.8) is 0 Å². The SMILES string of the molecule is NCCOC(=O)c1ccccc1ON. The van der Waals surface area contributed by atoms with Crippen LogP contribution in [0.5, 0.6) is 5.75 Å². The number of nitrogens with two attached hydrogens (primary N) is 2. The van der Waals surface area contributed by atoms with Gasteiger partial charge >= 0.3 is 5.97 Å². The van der Waals surface area contributed by atoms with Crippen LogP contribution in [-0.2, 0) is 4.74 Å². The normalized spacial score (nSPS) is 9.57. The topological polar surface area (TPSA) is 87.6 Å². The van der Waals surface area contributed by atoms with Crippen LogP contribution in [0.25, 0.3) is 0 Å². The fourth-order valence-electron chi connectivity index (χ4n) is 0.967. The van der Waals surface area contributed by atoms with Gasteiger partial charge in [-0.2, -0.15) is 5.90 Å². The monoisotopic (exact) mass is 196 g/mol. The van der Waals surface area contributed by atoms with Crippen LogP contribution >= 0.6 is 0 Å². The summed E-state index contributed by atoms with van der Waals surface area (Å²) in [7, 11) is 0. The number of carbonyl (C=O) groups excluding carboxylic acids is 1. The fourth-order valence-corrected chi connectivity index (χ4v) is 0.967. The lowest BCUT2D eigenvalue weighted by Gasteiger charge is -2.06. The summed E-state index contributed by atoms with van der Waals surface area (Å²) in [6.07, 6.45) is 0. The third kappa shape index (κ3) is 2.45. The highest BCUT2D eigenvalue weighted by molar-refractivity contribution is 5.92. The summed E-state index contributed by atoms with van der Waals surface area (Å²) in [6.45, 7) is 0.467. The second-order valence-corrected chi connectivity index (χ2v) is 2.54. The molecule has 0 aromatic heterocycles. The van der Waals surface area contributed by atoms with Crippen LogP contribution in [0.2, 0.25) is 0 Å². The molecule has 1 aromatic carbocycles. The molecule has 0 bridgehead atoms. The molecule has 0 unspecified atom stereocenters. The maximum Gasteiger partial charge on any atom is 0.342 e. The quantitative estimate of drug-likeness (QED) is 0.525. The van der Waals surface area contributed by atoms with E-state index in [-0.39, 0.29) is 18.9 Å². The number of esters is 1. The number of benzene rings is 1. The van der Waals surface area contributed by atoms with E-state index in [0.717, 1.165) is 0 Å². The zero-order chi connectivity index (χ0) is 10.4. The molecule has 0 saturated carbocycles. The Morgan fingerprint density at radius 2 is 2.07 bits per heavy atom. The molecule has 0 atom stereocenters. The van der Waals surface area contributed by atoms with Crippen molar-refractivity contribution in [2.75, 3.05) is 13.2 Å². The summed E-state index contributed by atoms with van der Waals surface area (Å²) in [5, 5.41) is 0. The molecule has 5 heteroatoms. The first-order valence-electron chi connectivity index (χ1n) is 4.12. The lowest BCUT2D eigenvalue weighted by Crippen LogP contribution is -2.15. The molecular formula is C9H12N2O3. The first-order chi connectivity index (χ1) is 6.79. The van der Waals surface area contributed by atoms with Crippen molar-refractivity contribution >= 4 is 5.97 Å². The minimum atomic E-state index is -0.489. The zero-order valence-corrected chi connectivity index (χ0v) is 7.60. The van der Waals surface area contributed by atoms with Gasteiger partial charge in [-0.3, -0.25) is 0 Å². The van der Waals surface area contributed by atoms with E-state index in [1.807, 2.05) is 0 Å². The predicted molar refractivity (Wildman–Crippen MR) is 50.6 cm³/mol. The molecule has 0 fully saturated rings. The van der Waals surface area contributed by atoms with Crippen LogP contribution in [0.4, 0.5) is 0 Å². The summed E-state index contributed by atoms with van der Waals surface area (Å²) in [5.41, 5.74) is 5.49. The van der Waals surface area contributed by atoms with E-state index in [9.17, 15) is 4.79 Å². The Kier molecular flexibility index (Phi) is 3.90. The third-order valence-corrected chi connectivity index (χ3v) is 1.58. The van der Waals surface area contributed by atoms with Crippen molar-refractivity contribution in [2.45, 2.75) is 0 Å². The average molecular weight is 196 g/mol. The van der Waals surface area contributed by atoms with Gasteiger partial charge in [0.1, 0.15) is 12.2 Å². The van der Waals surface area contributed by atoms with Gasteiger partial charge in [-0.1, -0.05) is 12.1 Å². The Morgan fingerprint density at radius 3 is 2.71 bits per heavy atom. The van der Waals surface area contributed by atoms with Crippen molar-refractivity contribution in [1.82, 2.24) is 0 Å². The van der Waals surface area contributed by atoms with Crippen molar-refractivity contribution in [2.24, 2.45) is 11.6 Å². The summed E-state index contributed by atoms with van der Waals surface area (Å²) in [4.78, 5) is 15.9. The minimum absolute atomic E-state index is 0.178. The molecule has 0 aliphatic carbocycles. The standard InChI is InChI=1S/C9H12N2O3/c10-5-6-13-9(12)7-3-1-2-4-8(7)14-11/h1-4H,5-6,10-11H2. The number of ether oxygens (including phenoxy) is 1. The van der Waals surface area contributed by atoms with E-state index in [2.05, 4.69) is 4.84 Å². The summed E-state index contributed by atoms with van der Waals surface area (Å²) < 4.78 is 4.82. The molecule has 76 valence electrons. The van der Waals surface area contributed by atoms with Gasteiger partial charge in [-0.05, 0) is 12.1 Å². The van der Waals surface area contributed by atoms with E-state index in [1.165, 1.54) is 0 Å². The van der Waals surface area contributed by atoms with E-state index >= 15 is 0 Å². The van der Waals surface area contributed by atoms with E-state index in [4.69, 9.17) is 16.4 Å². The molecule has 0 saturated heterocycles. The lowest BCUT2D eigenvalue weighted by atomic mass is 10.2. The first kappa shape index (κ1) is 10.5. The van der Waals surface area contributed by atoms with Gasteiger partial charge in [0.15, 0.2) is 5.75 Å². The Labute approximate surface area is 81.5 Å². The Hall–Kier alpha value is -1.59. The molecule has 0 radical (unpaired) electrons. The number of hydrogen-bond donors (Lipinski definition) is 2. The molecular weight excluding hydrogens is 184 g/mol. The smallest absolute Gasteiger partial charge is 0.342 e. The molecule has 4 N–H and O–H groups in total. The van der Waals surface area contributed by atoms with Crippen LogP contribution < -0.4 is 16.5 Å². The number of carbonyl (C=O) groups is 1. The Bertz CT molecular complexity index is 315. The fraction of sp³-hybridized carbons (Fsp3) is 0.222. The molecule has 1 rings (SSSR count). The summed E-state index contributed by atoms with van der Waals surface area (Å²) in [6, 6.07) is 6.56. The van der Waals surface area contributed by atoms with Crippen LogP contribution in [0.1, 0.15) is 10.4 Å². The van der Waals surface area contributed by atoms with Crippen molar-refractivity contribution < 1.29 is 14.4 Å². The highest BCUT2D eigenvalue weighted by Crippen LogP contribution is 2.17. The van der Waals surface area contributed by atoms with Gasteiger partial charge in [0.25, 0.3) is 0 Å². The van der Waals surface area contributed by atoms with Crippen molar-refractivity contribution in [3.05, 3.63) is 29.8 Å². The van der Waals surface area contributed by atoms with E-state index in [0.29, 0.717) is 5.56 Å². The zero-order valence-electron chi connectivity index (χ0n) is 7.60.